The molecule has 2 aromatic carbocycles. The van der Waals surface area contributed by atoms with Crippen LogP contribution in [0.2, 0.25) is 0 Å². The van der Waals surface area contributed by atoms with Gasteiger partial charge < -0.3 is 5.32 Å². The third kappa shape index (κ3) is 3.34. The van der Waals surface area contributed by atoms with Crippen molar-refractivity contribution in [1.29, 1.82) is 0 Å². The van der Waals surface area contributed by atoms with Crippen molar-refractivity contribution in [2.45, 2.75) is 24.3 Å². The number of hydrogen-bond donors (Lipinski definition) is 1. The molecule has 3 rings (SSSR count). The van der Waals surface area contributed by atoms with Gasteiger partial charge in [-0.3, -0.25) is 4.79 Å². The first-order valence-corrected chi connectivity index (χ1v) is 9.86. The Labute approximate surface area is 161 Å². The molecule has 0 aliphatic carbocycles. The van der Waals surface area contributed by atoms with Crippen LogP contribution in [0.3, 0.4) is 0 Å². The monoisotopic (exact) mass is 401 g/mol. The molecule has 3 amide bonds. The van der Waals surface area contributed by atoms with E-state index in [0.717, 1.165) is 29.2 Å². The SMILES string of the molecule is [C-]#[N+]c1ccc(N2C(=O)N[C@@](C)(CS(=O)(=O)c3ccc(F)cc3)C2=O)cc1C. The van der Waals surface area contributed by atoms with E-state index in [0.29, 0.717) is 11.3 Å². The number of carbonyl (C=O) groups is 2. The predicted octanol–water partition coefficient (Wildman–Crippen LogP) is 2.97. The molecule has 7 nitrogen and oxygen atoms in total. The van der Waals surface area contributed by atoms with Gasteiger partial charge in [-0.25, -0.2) is 27.3 Å². The first kappa shape index (κ1) is 19.5. The molecule has 1 aliphatic rings. The smallest absolute Gasteiger partial charge is 0.322 e. The van der Waals surface area contributed by atoms with Crippen LogP contribution in [-0.4, -0.2) is 31.6 Å². The van der Waals surface area contributed by atoms with Crippen molar-refractivity contribution in [1.82, 2.24) is 5.32 Å². The van der Waals surface area contributed by atoms with E-state index in [9.17, 15) is 22.4 Å². The van der Waals surface area contributed by atoms with Crippen LogP contribution in [0.4, 0.5) is 20.6 Å². The Morgan fingerprint density at radius 2 is 1.82 bits per heavy atom. The number of benzene rings is 2. The van der Waals surface area contributed by atoms with E-state index in [-0.39, 0.29) is 10.6 Å². The molecule has 1 saturated heterocycles. The molecular formula is C19H16FN3O4S. The highest BCUT2D eigenvalue weighted by Crippen LogP contribution is 2.30. The normalized spacial score (nSPS) is 19.4. The van der Waals surface area contributed by atoms with Crippen LogP contribution < -0.4 is 10.2 Å². The van der Waals surface area contributed by atoms with Crippen molar-refractivity contribution in [3.63, 3.8) is 0 Å². The third-order valence-electron chi connectivity index (χ3n) is 4.47. The van der Waals surface area contributed by atoms with Crippen LogP contribution in [0.1, 0.15) is 12.5 Å². The Bertz CT molecular complexity index is 1120. The summed E-state index contributed by atoms with van der Waals surface area (Å²) >= 11 is 0. The van der Waals surface area contributed by atoms with E-state index in [1.54, 1.807) is 6.92 Å². The van der Waals surface area contributed by atoms with E-state index in [4.69, 9.17) is 6.57 Å². The molecule has 0 bridgehead atoms. The molecule has 1 atom stereocenters. The predicted molar refractivity (Wildman–Crippen MR) is 100 cm³/mol. The Kier molecular flexibility index (Phi) is 4.69. The Morgan fingerprint density at radius 3 is 2.39 bits per heavy atom. The first-order chi connectivity index (χ1) is 13.1. The standard InChI is InChI=1S/C19H16FN3O4S/c1-12-10-14(6-9-16(12)21-3)23-17(24)19(2,22-18(23)25)11-28(26,27)15-7-4-13(20)5-8-15/h4-10H,11H2,1-2H3,(H,22,25)/t19-/m0/s1. The minimum atomic E-state index is -3.97. The molecule has 1 N–H and O–H groups in total. The quantitative estimate of drug-likeness (QED) is 0.485. The summed E-state index contributed by atoms with van der Waals surface area (Å²) in [4.78, 5) is 29.4. The number of nitrogens with one attached hydrogen (secondary N) is 1. The van der Waals surface area contributed by atoms with Gasteiger partial charge in [0.2, 0.25) is 0 Å². The first-order valence-electron chi connectivity index (χ1n) is 8.20. The maximum atomic E-state index is 13.1. The van der Waals surface area contributed by atoms with Gasteiger partial charge in [0.05, 0.1) is 22.9 Å². The molecule has 1 aliphatic heterocycles. The number of nitrogens with zero attached hydrogens (tertiary/aromatic N) is 2. The number of amides is 3. The van der Waals surface area contributed by atoms with Crippen LogP contribution in [0, 0.1) is 19.3 Å². The van der Waals surface area contributed by atoms with Crippen LogP contribution in [0.25, 0.3) is 4.85 Å². The van der Waals surface area contributed by atoms with Crippen molar-refractivity contribution in [2.75, 3.05) is 10.7 Å². The zero-order valence-electron chi connectivity index (χ0n) is 15.1. The zero-order valence-corrected chi connectivity index (χ0v) is 15.9. The second kappa shape index (κ2) is 6.73. The summed E-state index contributed by atoms with van der Waals surface area (Å²) < 4.78 is 38.4. The highest BCUT2D eigenvalue weighted by molar-refractivity contribution is 7.91. The molecule has 0 aromatic heterocycles. The number of aryl methyl sites for hydroxylation is 1. The maximum absolute atomic E-state index is 13.1. The van der Waals surface area contributed by atoms with Crippen LogP contribution in [0.15, 0.2) is 47.4 Å². The average Bonchev–Trinajstić information content (AvgIpc) is 2.83. The largest absolute Gasteiger partial charge is 0.329 e. The van der Waals surface area contributed by atoms with E-state index in [2.05, 4.69) is 10.2 Å². The summed E-state index contributed by atoms with van der Waals surface area (Å²) in [7, 11) is -3.97. The van der Waals surface area contributed by atoms with Gasteiger partial charge in [0.25, 0.3) is 5.91 Å². The zero-order chi connectivity index (χ0) is 20.7. The summed E-state index contributed by atoms with van der Waals surface area (Å²) in [6.07, 6.45) is 0. The molecule has 0 saturated carbocycles. The van der Waals surface area contributed by atoms with Gasteiger partial charge in [-0.1, -0.05) is 6.07 Å². The number of sulfone groups is 1. The third-order valence-corrected chi connectivity index (χ3v) is 6.42. The maximum Gasteiger partial charge on any atom is 0.329 e. The summed E-state index contributed by atoms with van der Waals surface area (Å²) in [5.41, 5.74) is -0.468. The summed E-state index contributed by atoms with van der Waals surface area (Å²) in [6.45, 7) is 10.1. The minimum Gasteiger partial charge on any atom is -0.322 e. The molecular weight excluding hydrogens is 385 g/mol. The topological polar surface area (TPSA) is 87.9 Å². The molecule has 28 heavy (non-hydrogen) atoms. The van der Waals surface area contributed by atoms with Crippen molar-refractivity contribution in [2.24, 2.45) is 0 Å². The average molecular weight is 401 g/mol. The van der Waals surface area contributed by atoms with Gasteiger partial charge >= 0.3 is 6.03 Å². The lowest BCUT2D eigenvalue weighted by molar-refractivity contribution is -0.120. The lowest BCUT2D eigenvalue weighted by Crippen LogP contribution is -2.49. The van der Waals surface area contributed by atoms with E-state index < -0.39 is 38.9 Å². The molecule has 144 valence electrons. The van der Waals surface area contributed by atoms with Crippen molar-refractivity contribution in [3.8, 4) is 0 Å². The van der Waals surface area contributed by atoms with Gasteiger partial charge in [0.1, 0.15) is 11.4 Å². The number of hydrogen-bond acceptors (Lipinski definition) is 4. The fourth-order valence-electron chi connectivity index (χ4n) is 3.03. The molecule has 1 fully saturated rings. The fourth-order valence-corrected chi connectivity index (χ4v) is 4.70. The van der Waals surface area contributed by atoms with Crippen molar-refractivity contribution >= 4 is 33.2 Å². The van der Waals surface area contributed by atoms with Crippen molar-refractivity contribution in [3.05, 3.63) is 65.3 Å². The van der Waals surface area contributed by atoms with Gasteiger partial charge in [-0.2, -0.15) is 0 Å². The lowest BCUT2D eigenvalue weighted by Gasteiger charge is -2.21. The second-order valence-electron chi connectivity index (χ2n) is 6.70. The number of carbonyl (C=O) groups excluding carboxylic acids is 2. The van der Waals surface area contributed by atoms with Gasteiger partial charge in [0, 0.05) is 0 Å². The lowest BCUT2D eigenvalue weighted by atomic mass is 10.1. The molecule has 0 spiro atoms. The van der Waals surface area contributed by atoms with Gasteiger partial charge in [0.15, 0.2) is 15.5 Å². The minimum absolute atomic E-state index is 0.145. The van der Waals surface area contributed by atoms with Crippen LogP contribution in [-0.2, 0) is 14.6 Å². The number of anilines is 1. The summed E-state index contributed by atoms with van der Waals surface area (Å²) in [5, 5.41) is 2.44. The van der Waals surface area contributed by atoms with Gasteiger partial charge in [-0.15, -0.1) is 0 Å². The fraction of sp³-hybridized carbons (Fsp3) is 0.211. The number of urea groups is 1. The highest BCUT2D eigenvalue weighted by Gasteiger charge is 2.51. The molecule has 9 heteroatoms. The number of rotatable bonds is 4. The van der Waals surface area contributed by atoms with Crippen LogP contribution >= 0.6 is 0 Å². The summed E-state index contributed by atoms with van der Waals surface area (Å²) in [5.74, 6) is -1.98. The second-order valence-corrected chi connectivity index (χ2v) is 8.69. The molecule has 1 heterocycles. The summed E-state index contributed by atoms with van der Waals surface area (Å²) in [6, 6.07) is 7.96. The van der Waals surface area contributed by atoms with E-state index in [1.807, 2.05) is 0 Å². The van der Waals surface area contributed by atoms with E-state index >= 15 is 0 Å². The molecule has 0 unspecified atom stereocenters. The van der Waals surface area contributed by atoms with Crippen LogP contribution in [0.5, 0.6) is 0 Å². The van der Waals surface area contributed by atoms with E-state index in [1.165, 1.54) is 25.1 Å². The highest BCUT2D eigenvalue weighted by atomic mass is 32.2. The Hall–Kier alpha value is -3.25. The Balaban J connectivity index is 1.92. The molecule has 0 radical (unpaired) electrons. The molecule has 2 aromatic rings. The Morgan fingerprint density at radius 1 is 1.18 bits per heavy atom. The van der Waals surface area contributed by atoms with Gasteiger partial charge in [-0.05, 0) is 55.8 Å². The number of halogens is 1. The number of imide groups is 1. The van der Waals surface area contributed by atoms with Crippen molar-refractivity contribution < 1.29 is 22.4 Å².